The molecule has 0 saturated carbocycles. The van der Waals surface area contributed by atoms with Crippen LogP contribution < -0.4 is 15.2 Å². The van der Waals surface area contributed by atoms with Crippen LogP contribution in [0.4, 0.5) is 5.69 Å². The van der Waals surface area contributed by atoms with E-state index in [2.05, 4.69) is 18.8 Å². The summed E-state index contributed by atoms with van der Waals surface area (Å²) in [5.41, 5.74) is 6.34. The highest BCUT2D eigenvalue weighted by molar-refractivity contribution is 5.49. The predicted octanol–water partition coefficient (Wildman–Crippen LogP) is 1.64. The topological polar surface area (TPSA) is 60.6 Å². The fraction of sp³-hybridized carbons (Fsp3) is 0.615. The zero-order chi connectivity index (χ0) is 13.5. The van der Waals surface area contributed by atoms with Gasteiger partial charge in [-0.1, -0.05) is 13.8 Å². The molecule has 0 spiro atoms. The van der Waals surface area contributed by atoms with Crippen LogP contribution in [-0.2, 0) is 0 Å². The third-order valence-electron chi connectivity index (χ3n) is 2.21. The number of anilines is 1. The Morgan fingerprint density at radius 2 is 2.00 bits per heavy atom. The molecule has 0 radical (unpaired) electrons. The minimum atomic E-state index is 0.435. The summed E-state index contributed by atoms with van der Waals surface area (Å²) in [7, 11) is 3.99. The summed E-state index contributed by atoms with van der Waals surface area (Å²) in [6.45, 7) is 6.18. The van der Waals surface area contributed by atoms with Gasteiger partial charge in [-0.25, -0.2) is 0 Å². The maximum Gasteiger partial charge on any atom is 0.240 e. The van der Waals surface area contributed by atoms with Gasteiger partial charge in [0.05, 0.1) is 12.3 Å². The van der Waals surface area contributed by atoms with Crippen molar-refractivity contribution >= 4 is 5.69 Å². The van der Waals surface area contributed by atoms with Crippen molar-refractivity contribution in [3.63, 3.8) is 0 Å². The van der Waals surface area contributed by atoms with E-state index in [0.29, 0.717) is 36.6 Å². The molecule has 2 N–H and O–H groups in total. The summed E-state index contributed by atoms with van der Waals surface area (Å²) in [5, 5.41) is 0. The summed E-state index contributed by atoms with van der Waals surface area (Å²) < 4.78 is 11.1. The van der Waals surface area contributed by atoms with Gasteiger partial charge >= 0.3 is 0 Å². The van der Waals surface area contributed by atoms with E-state index in [0.717, 1.165) is 6.54 Å². The molecule has 0 aliphatic rings. The Labute approximate surface area is 109 Å². The molecule has 0 saturated heterocycles. The molecule has 1 aromatic heterocycles. The van der Waals surface area contributed by atoms with Crippen molar-refractivity contribution in [1.29, 1.82) is 0 Å². The molecule has 0 aliphatic carbocycles. The first-order valence-corrected chi connectivity index (χ1v) is 6.16. The van der Waals surface area contributed by atoms with Crippen molar-refractivity contribution in [2.75, 3.05) is 39.6 Å². The van der Waals surface area contributed by atoms with Crippen molar-refractivity contribution in [1.82, 2.24) is 9.88 Å². The Bertz CT molecular complexity index is 367. The summed E-state index contributed by atoms with van der Waals surface area (Å²) in [6, 6.07) is 3.51. The van der Waals surface area contributed by atoms with Gasteiger partial charge in [-0.3, -0.25) is 0 Å². The second-order valence-electron chi connectivity index (χ2n) is 4.90. The number of ether oxygens (including phenoxy) is 2. The van der Waals surface area contributed by atoms with Crippen molar-refractivity contribution in [2.24, 2.45) is 5.92 Å². The molecule has 0 aliphatic heterocycles. The van der Waals surface area contributed by atoms with Crippen LogP contribution in [0.5, 0.6) is 11.8 Å². The van der Waals surface area contributed by atoms with Crippen molar-refractivity contribution in [3.05, 3.63) is 12.1 Å². The van der Waals surface area contributed by atoms with Crippen molar-refractivity contribution in [2.45, 2.75) is 13.8 Å². The van der Waals surface area contributed by atoms with Crippen LogP contribution in [0.3, 0.4) is 0 Å². The lowest BCUT2D eigenvalue weighted by atomic mass is 10.2. The molecule has 0 aromatic carbocycles. The van der Waals surface area contributed by atoms with Gasteiger partial charge in [-0.05, 0) is 26.1 Å². The van der Waals surface area contributed by atoms with E-state index in [1.165, 1.54) is 0 Å². The Balaban J connectivity index is 2.56. The number of aromatic nitrogens is 1. The minimum absolute atomic E-state index is 0.435. The SMILES string of the molecule is CC(C)COc1nc(OCCN(C)C)ccc1N. The van der Waals surface area contributed by atoms with E-state index in [4.69, 9.17) is 15.2 Å². The summed E-state index contributed by atoms with van der Waals surface area (Å²) >= 11 is 0. The highest BCUT2D eigenvalue weighted by atomic mass is 16.5. The fourth-order valence-electron chi connectivity index (χ4n) is 1.21. The number of hydrogen-bond acceptors (Lipinski definition) is 5. The molecule has 0 amide bonds. The lowest BCUT2D eigenvalue weighted by Gasteiger charge is -2.13. The van der Waals surface area contributed by atoms with Crippen LogP contribution in [-0.4, -0.2) is 43.7 Å². The molecule has 5 heteroatoms. The first kappa shape index (κ1) is 14.6. The van der Waals surface area contributed by atoms with Gasteiger partial charge < -0.3 is 20.1 Å². The number of hydrogen-bond donors (Lipinski definition) is 1. The number of rotatable bonds is 7. The lowest BCUT2D eigenvalue weighted by Crippen LogP contribution is -2.19. The zero-order valence-electron chi connectivity index (χ0n) is 11.6. The zero-order valence-corrected chi connectivity index (χ0v) is 11.6. The maximum atomic E-state index is 5.80. The third kappa shape index (κ3) is 5.23. The van der Waals surface area contributed by atoms with E-state index in [1.807, 2.05) is 19.0 Å². The van der Waals surface area contributed by atoms with Gasteiger partial charge in [0.15, 0.2) is 0 Å². The Morgan fingerprint density at radius 3 is 2.61 bits per heavy atom. The molecule has 1 aromatic rings. The molecule has 18 heavy (non-hydrogen) atoms. The van der Waals surface area contributed by atoms with E-state index >= 15 is 0 Å². The summed E-state index contributed by atoms with van der Waals surface area (Å²) in [6.07, 6.45) is 0. The standard InChI is InChI=1S/C13H23N3O2/c1-10(2)9-18-13-11(14)5-6-12(15-13)17-8-7-16(3)4/h5-6,10H,7-9,14H2,1-4H3. The molecule has 0 unspecified atom stereocenters. The Hall–Kier alpha value is -1.49. The van der Waals surface area contributed by atoms with Crippen molar-refractivity contribution in [3.8, 4) is 11.8 Å². The van der Waals surface area contributed by atoms with E-state index in [9.17, 15) is 0 Å². The van der Waals surface area contributed by atoms with Gasteiger partial charge in [0.25, 0.3) is 0 Å². The molecule has 0 fully saturated rings. The number of nitrogens with zero attached hydrogens (tertiary/aromatic N) is 2. The van der Waals surface area contributed by atoms with Gasteiger partial charge in [-0.15, -0.1) is 0 Å². The molecule has 0 bridgehead atoms. The fourth-order valence-corrected chi connectivity index (χ4v) is 1.21. The van der Waals surface area contributed by atoms with Gasteiger partial charge in [-0.2, -0.15) is 4.98 Å². The Kier molecular flexibility index (Phi) is 5.71. The van der Waals surface area contributed by atoms with Crippen LogP contribution in [0.15, 0.2) is 12.1 Å². The van der Waals surface area contributed by atoms with Crippen LogP contribution in [0.2, 0.25) is 0 Å². The number of nitrogens with two attached hydrogens (primary N) is 1. The molecular weight excluding hydrogens is 230 g/mol. The lowest BCUT2D eigenvalue weighted by molar-refractivity contribution is 0.239. The highest BCUT2D eigenvalue weighted by Gasteiger charge is 2.06. The normalized spacial score (nSPS) is 11.0. The van der Waals surface area contributed by atoms with E-state index in [-0.39, 0.29) is 0 Å². The molecule has 1 rings (SSSR count). The number of nitrogen functional groups attached to an aromatic ring is 1. The van der Waals surface area contributed by atoms with Crippen LogP contribution in [0.1, 0.15) is 13.8 Å². The molecule has 1 heterocycles. The largest absolute Gasteiger partial charge is 0.476 e. The number of likely N-dealkylation sites (N-methyl/N-ethyl adjacent to an activating group) is 1. The van der Waals surface area contributed by atoms with Crippen molar-refractivity contribution < 1.29 is 9.47 Å². The predicted molar refractivity (Wildman–Crippen MR) is 73.0 cm³/mol. The van der Waals surface area contributed by atoms with Gasteiger partial charge in [0.2, 0.25) is 11.8 Å². The van der Waals surface area contributed by atoms with E-state index in [1.54, 1.807) is 12.1 Å². The number of pyridine rings is 1. The van der Waals surface area contributed by atoms with Crippen LogP contribution in [0.25, 0.3) is 0 Å². The summed E-state index contributed by atoms with van der Waals surface area (Å²) in [4.78, 5) is 6.30. The van der Waals surface area contributed by atoms with Crippen LogP contribution in [0, 0.1) is 5.92 Å². The average Bonchev–Trinajstić information content (AvgIpc) is 2.29. The smallest absolute Gasteiger partial charge is 0.240 e. The highest BCUT2D eigenvalue weighted by Crippen LogP contribution is 2.22. The molecular formula is C13H23N3O2. The maximum absolute atomic E-state index is 5.80. The summed E-state index contributed by atoms with van der Waals surface area (Å²) in [5.74, 6) is 1.43. The first-order valence-electron chi connectivity index (χ1n) is 6.16. The Morgan fingerprint density at radius 1 is 1.28 bits per heavy atom. The first-order chi connectivity index (χ1) is 8.49. The van der Waals surface area contributed by atoms with E-state index < -0.39 is 0 Å². The van der Waals surface area contributed by atoms with Gasteiger partial charge in [0.1, 0.15) is 6.61 Å². The van der Waals surface area contributed by atoms with Crippen LogP contribution >= 0.6 is 0 Å². The second-order valence-corrected chi connectivity index (χ2v) is 4.90. The monoisotopic (exact) mass is 253 g/mol. The quantitative estimate of drug-likeness (QED) is 0.800. The second kappa shape index (κ2) is 7.06. The third-order valence-corrected chi connectivity index (χ3v) is 2.21. The molecule has 0 atom stereocenters. The molecule has 102 valence electrons. The van der Waals surface area contributed by atoms with Gasteiger partial charge in [0, 0.05) is 12.6 Å². The minimum Gasteiger partial charge on any atom is -0.476 e. The molecule has 5 nitrogen and oxygen atoms in total. The average molecular weight is 253 g/mol.